The Morgan fingerprint density at radius 3 is 2.21 bits per heavy atom. The quantitative estimate of drug-likeness (QED) is 0.0787. The second kappa shape index (κ2) is 16.0. The molecule has 1 heterocycles. The Morgan fingerprint density at radius 1 is 0.786 bits per heavy atom. The number of hydrogen-bond acceptors (Lipinski definition) is 4. The monoisotopic (exact) mass is 567 g/mol. The smallest absolute Gasteiger partial charge is 0.305 e. The Bertz CT molecular complexity index is 1420. The molecule has 4 rings (SSSR count). The van der Waals surface area contributed by atoms with Gasteiger partial charge < -0.3 is 14.5 Å². The van der Waals surface area contributed by atoms with Crippen molar-refractivity contribution < 1.29 is 19.1 Å². The van der Waals surface area contributed by atoms with E-state index in [1.165, 1.54) is 17.5 Å². The number of ketones is 1. The lowest BCUT2D eigenvalue weighted by atomic mass is 9.98. The lowest BCUT2D eigenvalue weighted by Gasteiger charge is -2.09. The number of aromatic nitrogens is 1. The van der Waals surface area contributed by atoms with Crippen LogP contribution in [-0.2, 0) is 28.8 Å². The van der Waals surface area contributed by atoms with Gasteiger partial charge in [-0.15, -0.1) is 0 Å². The summed E-state index contributed by atoms with van der Waals surface area (Å²) in [5.74, 6) is 1.28. The van der Waals surface area contributed by atoms with Crippen LogP contribution in [-0.4, -0.2) is 30.0 Å². The summed E-state index contributed by atoms with van der Waals surface area (Å²) in [5.41, 5.74) is 5.91. The standard InChI is InChI=1S/C37H45NO4/c1-4-41-35(39)15-10-14-34-36(32-12-7-8-13-33(32)38-34)37(40)30-22-24-31(25-23-30)42-26-9-5-6-11-28-18-20-29(21-19-28)17-16-27(2)3/h7-8,12-13,18-25,27,38H,4-6,9-11,14-17,26H2,1-3H3. The van der Waals surface area contributed by atoms with Gasteiger partial charge in [0, 0.05) is 28.6 Å². The molecule has 0 aliphatic heterocycles. The highest BCUT2D eigenvalue weighted by atomic mass is 16.5. The SMILES string of the molecule is CCOC(=O)CCCc1[nH]c2ccccc2c1C(=O)c1ccc(OCCCCCc2ccc(CCC(C)C)cc2)cc1. The normalized spacial score (nSPS) is 11.2. The van der Waals surface area contributed by atoms with Crippen molar-refractivity contribution in [3.05, 3.63) is 101 Å². The fourth-order valence-corrected chi connectivity index (χ4v) is 5.26. The van der Waals surface area contributed by atoms with E-state index in [4.69, 9.17) is 9.47 Å². The number of fused-ring (bicyclic) bond motifs is 1. The van der Waals surface area contributed by atoms with Crippen molar-refractivity contribution in [3.8, 4) is 5.75 Å². The van der Waals surface area contributed by atoms with Crippen LogP contribution in [0.15, 0.2) is 72.8 Å². The molecule has 0 saturated heterocycles. The number of H-pyrrole nitrogens is 1. The number of aromatic amines is 1. The molecular weight excluding hydrogens is 522 g/mol. The molecular formula is C37H45NO4. The van der Waals surface area contributed by atoms with Crippen molar-refractivity contribution in [3.63, 3.8) is 0 Å². The minimum absolute atomic E-state index is 0.0295. The maximum absolute atomic E-state index is 13.6. The largest absolute Gasteiger partial charge is 0.494 e. The third-order valence-electron chi connectivity index (χ3n) is 7.65. The third kappa shape index (κ3) is 9.07. The molecule has 0 fully saturated rings. The maximum atomic E-state index is 13.6. The first-order valence-electron chi connectivity index (χ1n) is 15.5. The van der Waals surface area contributed by atoms with Gasteiger partial charge in [-0.2, -0.15) is 0 Å². The molecule has 0 spiro atoms. The van der Waals surface area contributed by atoms with Gasteiger partial charge in [0.1, 0.15) is 5.75 Å². The van der Waals surface area contributed by atoms with E-state index in [1.807, 2.05) is 48.5 Å². The molecule has 0 aliphatic rings. The number of rotatable bonds is 17. The Labute approximate surface area is 250 Å². The van der Waals surface area contributed by atoms with E-state index in [9.17, 15) is 9.59 Å². The first-order chi connectivity index (χ1) is 20.4. The fourth-order valence-electron chi connectivity index (χ4n) is 5.26. The molecule has 3 aromatic carbocycles. The first kappa shape index (κ1) is 31.1. The summed E-state index contributed by atoms with van der Waals surface area (Å²) in [6.45, 7) is 7.39. The van der Waals surface area contributed by atoms with E-state index < -0.39 is 0 Å². The summed E-state index contributed by atoms with van der Waals surface area (Å²) in [6, 6.07) is 24.4. The zero-order valence-electron chi connectivity index (χ0n) is 25.4. The number of benzene rings is 3. The second-order valence-electron chi connectivity index (χ2n) is 11.4. The summed E-state index contributed by atoms with van der Waals surface area (Å²) < 4.78 is 11.0. The number of esters is 1. The number of hydrogen-bond donors (Lipinski definition) is 1. The summed E-state index contributed by atoms with van der Waals surface area (Å²) in [4.78, 5) is 28.8. The van der Waals surface area contributed by atoms with Crippen LogP contribution in [0.2, 0.25) is 0 Å². The Morgan fingerprint density at radius 2 is 1.50 bits per heavy atom. The van der Waals surface area contributed by atoms with Crippen molar-refractivity contribution in [2.24, 2.45) is 5.92 Å². The lowest BCUT2D eigenvalue weighted by molar-refractivity contribution is -0.143. The van der Waals surface area contributed by atoms with Crippen molar-refractivity contribution in [1.29, 1.82) is 0 Å². The number of nitrogens with one attached hydrogen (secondary N) is 1. The molecule has 222 valence electrons. The highest BCUT2D eigenvalue weighted by Crippen LogP contribution is 2.27. The van der Waals surface area contributed by atoms with Crippen LogP contribution in [0, 0.1) is 5.92 Å². The predicted octanol–water partition coefficient (Wildman–Crippen LogP) is 8.67. The minimum Gasteiger partial charge on any atom is -0.494 e. The molecule has 5 nitrogen and oxygen atoms in total. The van der Waals surface area contributed by atoms with Gasteiger partial charge in [0.15, 0.2) is 5.78 Å². The summed E-state index contributed by atoms with van der Waals surface area (Å²) in [6.07, 6.45) is 8.30. The summed E-state index contributed by atoms with van der Waals surface area (Å²) in [5, 5.41) is 0.899. The van der Waals surface area contributed by atoms with Crippen LogP contribution in [0.1, 0.15) is 92.0 Å². The highest BCUT2D eigenvalue weighted by molar-refractivity contribution is 6.17. The predicted molar refractivity (Wildman–Crippen MR) is 170 cm³/mol. The zero-order valence-corrected chi connectivity index (χ0v) is 25.4. The van der Waals surface area contributed by atoms with Crippen LogP contribution in [0.3, 0.4) is 0 Å². The number of unbranched alkanes of at least 4 members (excludes halogenated alkanes) is 2. The molecule has 0 bridgehead atoms. The zero-order chi connectivity index (χ0) is 29.7. The molecule has 0 amide bonds. The van der Waals surface area contributed by atoms with Crippen LogP contribution in [0.5, 0.6) is 5.75 Å². The summed E-state index contributed by atoms with van der Waals surface area (Å²) in [7, 11) is 0. The Kier molecular flexibility index (Phi) is 11.8. The van der Waals surface area contributed by atoms with Gasteiger partial charge in [0.2, 0.25) is 0 Å². The van der Waals surface area contributed by atoms with Crippen LogP contribution >= 0.6 is 0 Å². The van der Waals surface area contributed by atoms with Crippen molar-refractivity contribution in [1.82, 2.24) is 4.98 Å². The topological polar surface area (TPSA) is 68.4 Å². The molecule has 1 N–H and O–H groups in total. The highest BCUT2D eigenvalue weighted by Gasteiger charge is 2.20. The first-order valence-corrected chi connectivity index (χ1v) is 15.5. The molecule has 0 radical (unpaired) electrons. The van der Waals surface area contributed by atoms with Gasteiger partial charge in [0.05, 0.1) is 18.8 Å². The number of carbonyl (C=O) groups excluding carboxylic acids is 2. The Balaban J connectivity index is 1.25. The van der Waals surface area contributed by atoms with E-state index >= 15 is 0 Å². The molecule has 4 aromatic rings. The third-order valence-corrected chi connectivity index (χ3v) is 7.65. The van der Waals surface area contributed by atoms with Gasteiger partial charge in [-0.05, 0) is 106 Å². The van der Waals surface area contributed by atoms with Gasteiger partial charge in [-0.25, -0.2) is 0 Å². The van der Waals surface area contributed by atoms with E-state index in [2.05, 4.69) is 43.1 Å². The van der Waals surface area contributed by atoms with Gasteiger partial charge in [-0.1, -0.05) is 56.3 Å². The van der Waals surface area contributed by atoms with Gasteiger partial charge in [-0.3, -0.25) is 9.59 Å². The van der Waals surface area contributed by atoms with Crippen molar-refractivity contribution in [2.75, 3.05) is 13.2 Å². The number of ether oxygens (including phenoxy) is 2. The van der Waals surface area contributed by atoms with Crippen LogP contribution in [0.4, 0.5) is 0 Å². The van der Waals surface area contributed by atoms with E-state index in [0.717, 1.165) is 60.4 Å². The van der Waals surface area contributed by atoms with Crippen LogP contribution in [0.25, 0.3) is 10.9 Å². The molecule has 5 heteroatoms. The van der Waals surface area contributed by atoms with E-state index in [0.29, 0.717) is 43.6 Å². The molecule has 42 heavy (non-hydrogen) atoms. The van der Waals surface area contributed by atoms with Crippen LogP contribution < -0.4 is 4.74 Å². The van der Waals surface area contributed by atoms with Gasteiger partial charge >= 0.3 is 5.97 Å². The molecule has 0 saturated carbocycles. The fraction of sp³-hybridized carbons (Fsp3) is 0.405. The minimum atomic E-state index is -0.209. The Hall–Kier alpha value is -3.86. The molecule has 1 aromatic heterocycles. The van der Waals surface area contributed by atoms with Crippen molar-refractivity contribution >= 4 is 22.7 Å². The second-order valence-corrected chi connectivity index (χ2v) is 11.4. The lowest BCUT2D eigenvalue weighted by Crippen LogP contribution is -2.07. The number of para-hydroxylation sites is 1. The molecule has 0 aliphatic carbocycles. The van der Waals surface area contributed by atoms with Gasteiger partial charge in [0.25, 0.3) is 0 Å². The average molecular weight is 568 g/mol. The van der Waals surface area contributed by atoms with Crippen molar-refractivity contribution in [2.45, 2.75) is 78.6 Å². The maximum Gasteiger partial charge on any atom is 0.305 e. The average Bonchev–Trinajstić information content (AvgIpc) is 3.36. The van der Waals surface area contributed by atoms with E-state index in [-0.39, 0.29) is 11.8 Å². The molecule has 0 unspecified atom stereocenters. The number of aryl methyl sites for hydroxylation is 3. The molecule has 0 atom stereocenters. The summed E-state index contributed by atoms with van der Waals surface area (Å²) >= 11 is 0. The number of carbonyl (C=O) groups is 2. The van der Waals surface area contributed by atoms with E-state index in [1.54, 1.807) is 6.92 Å².